The maximum Gasteiger partial charge on any atom is 0.408 e. The highest BCUT2D eigenvalue weighted by Crippen LogP contribution is 2.17. The van der Waals surface area contributed by atoms with E-state index in [0.29, 0.717) is 17.8 Å². The second-order valence-electron chi connectivity index (χ2n) is 6.48. The van der Waals surface area contributed by atoms with Crippen LogP contribution in [0.1, 0.15) is 22.7 Å². The number of hydrogen-bond donors (Lipinski definition) is 3. The zero-order valence-corrected chi connectivity index (χ0v) is 16.0. The third-order valence-electron chi connectivity index (χ3n) is 4.23. The molecule has 0 saturated heterocycles. The first-order valence-corrected chi connectivity index (χ1v) is 9.11. The number of benzene rings is 2. The van der Waals surface area contributed by atoms with E-state index in [-0.39, 0.29) is 6.61 Å². The second kappa shape index (κ2) is 9.52. The van der Waals surface area contributed by atoms with Crippen LogP contribution in [0.5, 0.6) is 0 Å². The third-order valence-corrected chi connectivity index (χ3v) is 4.23. The molecule has 0 radical (unpaired) electrons. The first-order valence-electron chi connectivity index (χ1n) is 9.11. The monoisotopic (exact) mass is 393 g/mol. The number of nitrogens with zero attached hydrogens (tertiary/aromatic N) is 2. The zero-order valence-electron chi connectivity index (χ0n) is 16.0. The average Bonchev–Trinajstić information content (AvgIpc) is 3.17. The second-order valence-corrected chi connectivity index (χ2v) is 6.48. The number of ether oxygens (including phenoxy) is 1. The van der Waals surface area contributed by atoms with Crippen LogP contribution in [0.4, 0.5) is 10.5 Å². The van der Waals surface area contributed by atoms with Crippen molar-refractivity contribution in [3.05, 3.63) is 83.7 Å². The Morgan fingerprint density at radius 2 is 1.90 bits per heavy atom. The molecule has 0 aliphatic carbocycles. The Hall–Kier alpha value is -3.65. The van der Waals surface area contributed by atoms with Crippen LogP contribution in [0.2, 0.25) is 0 Å². The summed E-state index contributed by atoms with van der Waals surface area (Å²) in [5, 5.41) is 9.50. The summed E-state index contributed by atoms with van der Waals surface area (Å²) >= 11 is 0. The minimum atomic E-state index is -0.964. The maximum atomic E-state index is 12.9. The molecule has 0 aliphatic rings. The molecule has 0 bridgehead atoms. The van der Waals surface area contributed by atoms with Crippen molar-refractivity contribution < 1.29 is 14.3 Å². The highest BCUT2D eigenvalue weighted by Gasteiger charge is 2.25. The van der Waals surface area contributed by atoms with Crippen LogP contribution >= 0.6 is 0 Å². The summed E-state index contributed by atoms with van der Waals surface area (Å²) in [5.41, 5.74) is 8.52. The van der Waals surface area contributed by atoms with Crippen LogP contribution in [0, 0.1) is 0 Å². The molecule has 1 atom stereocenters. The Morgan fingerprint density at radius 1 is 1.14 bits per heavy atom. The summed E-state index contributed by atoms with van der Waals surface area (Å²) < 4.78 is 6.81. The molecule has 29 heavy (non-hydrogen) atoms. The molecular weight excluding hydrogens is 370 g/mol. The number of aryl methyl sites for hydroxylation is 1. The minimum absolute atomic E-state index is 0.104. The normalized spacial score (nSPS) is 11.5. The number of amides is 2. The molecule has 1 heterocycles. The fourth-order valence-corrected chi connectivity index (χ4v) is 2.76. The Balaban J connectivity index is 1.70. The summed E-state index contributed by atoms with van der Waals surface area (Å²) in [6.45, 7) is 0.465. The van der Waals surface area contributed by atoms with E-state index in [1.807, 2.05) is 36.4 Å². The standard InChI is InChI=1S/C21H23N5O3/c1-26-13-17(12-23-26)19(20(27)24-18-9-5-8-16(10-18)11-22)25-21(28)29-14-15-6-3-2-4-7-15/h2-10,12-13,19H,11,14,22H2,1H3,(H,24,27)(H,25,28)/t19-/m1/s1. The van der Waals surface area contributed by atoms with Gasteiger partial charge in [0.25, 0.3) is 5.91 Å². The van der Waals surface area contributed by atoms with Crippen LogP contribution in [0.3, 0.4) is 0 Å². The van der Waals surface area contributed by atoms with Crippen LogP contribution in [-0.4, -0.2) is 21.8 Å². The lowest BCUT2D eigenvalue weighted by Gasteiger charge is -2.17. The number of nitrogens with two attached hydrogens (primary N) is 1. The number of aromatic nitrogens is 2. The molecule has 0 spiro atoms. The molecule has 0 aliphatic heterocycles. The zero-order chi connectivity index (χ0) is 20.6. The van der Waals surface area contributed by atoms with Gasteiger partial charge < -0.3 is 21.1 Å². The first-order chi connectivity index (χ1) is 14.0. The van der Waals surface area contributed by atoms with Gasteiger partial charge in [-0.3, -0.25) is 9.48 Å². The highest BCUT2D eigenvalue weighted by atomic mass is 16.5. The van der Waals surface area contributed by atoms with Crippen molar-refractivity contribution in [2.24, 2.45) is 12.8 Å². The molecule has 3 rings (SSSR count). The molecular formula is C21H23N5O3. The van der Waals surface area contributed by atoms with E-state index in [0.717, 1.165) is 11.1 Å². The van der Waals surface area contributed by atoms with Crippen molar-refractivity contribution in [3.63, 3.8) is 0 Å². The smallest absolute Gasteiger partial charge is 0.408 e. The lowest BCUT2D eigenvalue weighted by molar-refractivity contribution is -0.118. The lowest BCUT2D eigenvalue weighted by Crippen LogP contribution is -2.37. The Labute approximate surface area is 168 Å². The minimum Gasteiger partial charge on any atom is -0.445 e. The van der Waals surface area contributed by atoms with Gasteiger partial charge in [-0.15, -0.1) is 0 Å². The summed E-state index contributed by atoms with van der Waals surface area (Å²) in [6, 6.07) is 15.5. The van der Waals surface area contributed by atoms with Crippen molar-refractivity contribution in [1.82, 2.24) is 15.1 Å². The van der Waals surface area contributed by atoms with Gasteiger partial charge in [-0.1, -0.05) is 42.5 Å². The maximum absolute atomic E-state index is 12.9. The van der Waals surface area contributed by atoms with Crippen molar-refractivity contribution in [2.45, 2.75) is 19.2 Å². The summed E-state index contributed by atoms with van der Waals surface area (Å²) in [5.74, 6) is -0.413. The number of carbonyl (C=O) groups is 2. The van der Waals surface area contributed by atoms with E-state index in [4.69, 9.17) is 10.5 Å². The molecule has 2 amide bonds. The summed E-state index contributed by atoms with van der Waals surface area (Å²) in [4.78, 5) is 25.2. The molecule has 0 saturated carbocycles. The molecule has 150 valence electrons. The van der Waals surface area contributed by atoms with Gasteiger partial charge >= 0.3 is 6.09 Å². The van der Waals surface area contributed by atoms with Crippen molar-refractivity contribution in [3.8, 4) is 0 Å². The lowest BCUT2D eigenvalue weighted by atomic mass is 10.1. The van der Waals surface area contributed by atoms with Gasteiger partial charge in [-0.25, -0.2) is 4.79 Å². The van der Waals surface area contributed by atoms with Crippen LogP contribution in [0.15, 0.2) is 67.0 Å². The number of rotatable bonds is 7. The molecule has 8 nitrogen and oxygen atoms in total. The Bertz CT molecular complexity index is 971. The molecule has 1 aromatic heterocycles. The third kappa shape index (κ3) is 5.66. The number of alkyl carbamates (subject to hydrolysis) is 1. The van der Waals surface area contributed by atoms with Gasteiger partial charge in [-0.05, 0) is 23.3 Å². The predicted molar refractivity (Wildman–Crippen MR) is 109 cm³/mol. The summed E-state index contributed by atoms with van der Waals surface area (Å²) in [6.07, 6.45) is 2.49. The summed E-state index contributed by atoms with van der Waals surface area (Å²) in [7, 11) is 1.73. The molecule has 8 heteroatoms. The first kappa shape index (κ1) is 20.1. The van der Waals surface area contributed by atoms with Crippen molar-refractivity contribution >= 4 is 17.7 Å². The topological polar surface area (TPSA) is 111 Å². The number of nitrogens with one attached hydrogen (secondary N) is 2. The van der Waals surface area contributed by atoms with E-state index in [1.165, 1.54) is 6.20 Å². The van der Waals surface area contributed by atoms with Gasteiger partial charge in [0.2, 0.25) is 0 Å². The molecule has 0 fully saturated rings. The molecule has 3 aromatic rings. The predicted octanol–water partition coefficient (Wildman–Crippen LogP) is 2.49. The van der Waals surface area contributed by atoms with E-state index < -0.39 is 18.0 Å². The molecule has 4 N–H and O–H groups in total. The van der Waals surface area contributed by atoms with Gasteiger partial charge in [0.1, 0.15) is 12.6 Å². The Kier molecular flexibility index (Phi) is 6.59. The van der Waals surface area contributed by atoms with Crippen molar-refractivity contribution in [2.75, 3.05) is 5.32 Å². The fourth-order valence-electron chi connectivity index (χ4n) is 2.76. The molecule has 2 aromatic carbocycles. The van der Waals surface area contributed by atoms with Crippen molar-refractivity contribution in [1.29, 1.82) is 0 Å². The SMILES string of the molecule is Cn1cc([C@@H](NC(=O)OCc2ccccc2)C(=O)Nc2cccc(CN)c2)cn1. The fraction of sp³-hybridized carbons (Fsp3) is 0.190. The average molecular weight is 393 g/mol. The van der Waals surface area contributed by atoms with E-state index in [2.05, 4.69) is 15.7 Å². The highest BCUT2D eigenvalue weighted by molar-refractivity contribution is 5.97. The van der Waals surface area contributed by atoms with Gasteiger partial charge in [0, 0.05) is 31.0 Å². The quantitative estimate of drug-likeness (QED) is 0.571. The number of carbonyl (C=O) groups excluding carboxylic acids is 2. The number of hydrogen-bond acceptors (Lipinski definition) is 5. The Morgan fingerprint density at radius 3 is 2.59 bits per heavy atom. The number of anilines is 1. The van der Waals surface area contributed by atoms with Crippen LogP contribution < -0.4 is 16.4 Å². The molecule has 0 unspecified atom stereocenters. The largest absolute Gasteiger partial charge is 0.445 e. The van der Waals surface area contributed by atoms with Gasteiger partial charge in [0.15, 0.2) is 0 Å². The van der Waals surface area contributed by atoms with Crippen LogP contribution in [-0.2, 0) is 29.7 Å². The van der Waals surface area contributed by atoms with E-state index in [1.54, 1.807) is 36.1 Å². The van der Waals surface area contributed by atoms with Crippen LogP contribution in [0.25, 0.3) is 0 Å². The van der Waals surface area contributed by atoms with E-state index in [9.17, 15) is 9.59 Å². The van der Waals surface area contributed by atoms with Gasteiger partial charge in [0.05, 0.1) is 6.20 Å². The van der Waals surface area contributed by atoms with E-state index >= 15 is 0 Å². The van der Waals surface area contributed by atoms with Gasteiger partial charge in [-0.2, -0.15) is 5.10 Å².